The summed E-state index contributed by atoms with van der Waals surface area (Å²) in [4.78, 5) is 0. The normalized spacial score (nSPS) is 10.3. The van der Waals surface area contributed by atoms with Crippen LogP contribution < -0.4 is 15.9 Å². The molecule has 0 bridgehead atoms. The van der Waals surface area contributed by atoms with E-state index >= 15 is 0 Å². The molecule has 11 heavy (non-hydrogen) atoms. The van der Waals surface area contributed by atoms with Gasteiger partial charge in [-0.3, -0.25) is 0 Å². The van der Waals surface area contributed by atoms with E-state index in [0.717, 1.165) is 15.9 Å². The standard InChI is InChI=1S/C6H7FIP3/c7-2-1-3(9)5(10)6(11)4(2)8/h1H,9-11H2. The highest BCUT2D eigenvalue weighted by molar-refractivity contribution is 14.1. The molecule has 5 heteroatoms. The fourth-order valence-electron chi connectivity index (χ4n) is 0.680. The van der Waals surface area contributed by atoms with Crippen molar-refractivity contribution in [3.63, 3.8) is 0 Å². The fourth-order valence-corrected chi connectivity index (χ4v) is 2.42. The first kappa shape index (κ1) is 10.3. The molecular formula is C6H7FIP3. The van der Waals surface area contributed by atoms with E-state index in [2.05, 4.69) is 27.7 Å². The molecule has 3 unspecified atom stereocenters. The van der Waals surface area contributed by atoms with Crippen molar-refractivity contribution in [3.8, 4) is 0 Å². The van der Waals surface area contributed by atoms with E-state index in [1.54, 1.807) is 0 Å². The molecule has 0 radical (unpaired) electrons. The summed E-state index contributed by atoms with van der Waals surface area (Å²) >= 11 is 1.99. The third kappa shape index (κ3) is 2.10. The summed E-state index contributed by atoms with van der Waals surface area (Å²) in [5.74, 6) is -0.160. The van der Waals surface area contributed by atoms with E-state index in [-0.39, 0.29) is 5.82 Å². The predicted molar refractivity (Wildman–Crippen MR) is 67.1 cm³/mol. The molecule has 0 heterocycles. The molecule has 60 valence electrons. The summed E-state index contributed by atoms with van der Waals surface area (Å²) in [6.45, 7) is 0. The third-order valence-electron chi connectivity index (χ3n) is 1.33. The molecule has 1 aromatic rings. The van der Waals surface area contributed by atoms with Crippen molar-refractivity contribution in [2.24, 2.45) is 0 Å². The average molecular weight is 318 g/mol. The summed E-state index contributed by atoms with van der Waals surface area (Å²) in [5, 5.41) is 2.84. The topological polar surface area (TPSA) is 0 Å². The molecule has 0 aliphatic heterocycles. The van der Waals surface area contributed by atoms with Gasteiger partial charge >= 0.3 is 0 Å². The van der Waals surface area contributed by atoms with Crippen molar-refractivity contribution in [1.29, 1.82) is 0 Å². The van der Waals surface area contributed by atoms with Crippen LogP contribution in [0.15, 0.2) is 6.07 Å². The smallest absolute Gasteiger partial charge is 0.137 e. The maximum atomic E-state index is 13.0. The second-order valence-electron chi connectivity index (χ2n) is 2.09. The molecule has 0 amide bonds. The Balaban J connectivity index is 3.46. The van der Waals surface area contributed by atoms with Crippen LogP contribution in [0.4, 0.5) is 4.39 Å². The molecule has 0 fully saturated rings. The van der Waals surface area contributed by atoms with Gasteiger partial charge in [0.2, 0.25) is 0 Å². The highest BCUT2D eigenvalue weighted by Gasteiger charge is 2.07. The fraction of sp³-hybridized carbons (Fsp3) is 0. The van der Waals surface area contributed by atoms with E-state index < -0.39 is 0 Å². The Labute approximate surface area is 85.8 Å². The van der Waals surface area contributed by atoms with Gasteiger partial charge in [-0.05, 0) is 44.6 Å². The van der Waals surface area contributed by atoms with Gasteiger partial charge in [-0.15, -0.1) is 27.7 Å². The Hall–Kier alpha value is 1.17. The number of hydrogen-bond donors (Lipinski definition) is 0. The van der Waals surface area contributed by atoms with Crippen LogP contribution in [0.2, 0.25) is 0 Å². The monoisotopic (exact) mass is 318 g/mol. The van der Waals surface area contributed by atoms with Gasteiger partial charge < -0.3 is 0 Å². The van der Waals surface area contributed by atoms with Crippen molar-refractivity contribution in [1.82, 2.24) is 0 Å². The molecule has 0 aromatic heterocycles. The molecule has 0 saturated heterocycles. The lowest BCUT2D eigenvalue weighted by molar-refractivity contribution is 0.623. The van der Waals surface area contributed by atoms with Gasteiger partial charge in [-0.25, -0.2) is 4.39 Å². The van der Waals surface area contributed by atoms with Crippen LogP contribution in [0.3, 0.4) is 0 Å². The quantitative estimate of drug-likeness (QED) is 0.493. The minimum Gasteiger partial charge on any atom is -0.206 e. The van der Waals surface area contributed by atoms with Crippen molar-refractivity contribution < 1.29 is 4.39 Å². The maximum Gasteiger partial charge on any atom is 0.137 e. The number of hydrogen-bond acceptors (Lipinski definition) is 0. The lowest BCUT2D eigenvalue weighted by Gasteiger charge is -2.06. The van der Waals surface area contributed by atoms with Gasteiger partial charge in [0, 0.05) is 0 Å². The van der Waals surface area contributed by atoms with Gasteiger partial charge in [-0.1, -0.05) is 0 Å². The summed E-state index contributed by atoms with van der Waals surface area (Å²) in [7, 11) is 7.62. The van der Waals surface area contributed by atoms with E-state index in [0.29, 0.717) is 3.57 Å². The molecule has 0 N–H and O–H groups in total. The minimum atomic E-state index is -0.160. The molecule has 0 aliphatic carbocycles. The molecule has 0 aliphatic rings. The Morgan fingerprint density at radius 1 is 1.18 bits per heavy atom. The largest absolute Gasteiger partial charge is 0.206 e. The van der Waals surface area contributed by atoms with Crippen LogP contribution in [0.25, 0.3) is 0 Å². The molecular weight excluding hydrogens is 311 g/mol. The Kier molecular flexibility index (Phi) is 3.65. The summed E-state index contributed by atoms with van der Waals surface area (Å²) in [6, 6.07) is 1.52. The first-order valence-electron chi connectivity index (χ1n) is 2.82. The Bertz CT molecular complexity index is 274. The van der Waals surface area contributed by atoms with E-state index in [1.165, 1.54) is 6.07 Å². The second kappa shape index (κ2) is 3.92. The van der Waals surface area contributed by atoms with Gasteiger partial charge in [0.25, 0.3) is 0 Å². The number of rotatable bonds is 0. The second-order valence-corrected chi connectivity index (χ2v) is 4.94. The molecule has 0 spiro atoms. The van der Waals surface area contributed by atoms with Crippen LogP contribution in [-0.2, 0) is 0 Å². The van der Waals surface area contributed by atoms with Gasteiger partial charge in [0.15, 0.2) is 0 Å². The zero-order valence-electron chi connectivity index (χ0n) is 5.57. The van der Waals surface area contributed by atoms with Crippen LogP contribution >= 0.6 is 50.3 Å². The lowest BCUT2D eigenvalue weighted by atomic mass is 10.3. The van der Waals surface area contributed by atoms with Gasteiger partial charge in [0.1, 0.15) is 5.82 Å². The van der Waals surface area contributed by atoms with E-state index in [9.17, 15) is 4.39 Å². The van der Waals surface area contributed by atoms with Crippen molar-refractivity contribution in [2.75, 3.05) is 0 Å². The minimum absolute atomic E-state index is 0.160. The summed E-state index contributed by atoms with van der Waals surface area (Å²) in [6.07, 6.45) is 0. The highest BCUT2D eigenvalue weighted by Crippen LogP contribution is 2.10. The maximum absolute atomic E-state index is 13.0. The predicted octanol–water partition coefficient (Wildman–Crippen LogP) is 0.931. The first-order chi connectivity index (χ1) is 5.04. The van der Waals surface area contributed by atoms with Crippen molar-refractivity contribution in [2.45, 2.75) is 0 Å². The van der Waals surface area contributed by atoms with Crippen LogP contribution in [-0.4, -0.2) is 0 Å². The van der Waals surface area contributed by atoms with Crippen LogP contribution in [0.5, 0.6) is 0 Å². The molecule has 0 nitrogen and oxygen atoms in total. The molecule has 3 atom stereocenters. The zero-order valence-corrected chi connectivity index (χ0v) is 11.2. The summed E-state index contributed by atoms with van der Waals surface area (Å²) in [5.41, 5.74) is 0. The number of benzene rings is 1. The third-order valence-corrected chi connectivity index (χ3v) is 5.40. The average Bonchev–Trinajstić information content (AvgIpc) is 1.97. The van der Waals surface area contributed by atoms with Crippen molar-refractivity contribution >= 4 is 66.2 Å². The van der Waals surface area contributed by atoms with Crippen molar-refractivity contribution in [3.05, 3.63) is 15.5 Å². The van der Waals surface area contributed by atoms with Gasteiger partial charge in [0.05, 0.1) is 3.57 Å². The molecule has 0 saturated carbocycles. The van der Waals surface area contributed by atoms with E-state index in [1.807, 2.05) is 22.6 Å². The van der Waals surface area contributed by atoms with Gasteiger partial charge in [-0.2, -0.15) is 0 Å². The lowest BCUT2D eigenvalue weighted by Crippen LogP contribution is -2.27. The van der Waals surface area contributed by atoms with Crippen LogP contribution in [0, 0.1) is 9.39 Å². The SMILES string of the molecule is Fc1cc(P)c(P)c(P)c1I. The number of halogens is 2. The Morgan fingerprint density at radius 3 is 2.27 bits per heavy atom. The molecule has 1 aromatic carbocycles. The Morgan fingerprint density at radius 2 is 1.73 bits per heavy atom. The van der Waals surface area contributed by atoms with E-state index in [4.69, 9.17) is 0 Å². The highest BCUT2D eigenvalue weighted by atomic mass is 127. The zero-order chi connectivity index (χ0) is 8.59. The summed E-state index contributed by atoms with van der Waals surface area (Å²) < 4.78 is 13.6. The molecule has 1 rings (SSSR count). The van der Waals surface area contributed by atoms with Crippen LogP contribution in [0.1, 0.15) is 0 Å². The first-order valence-corrected chi connectivity index (χ1v) is 5.63.